The van der Waals surface area contributed by atoms with Gasteiger partial charge in [-0.3, -0.25) is 9.59 Å². The van der Waals surface area contributed by atoms with Gasteiger partial charge in [-0.25, -0.2) is 4.99 Å². The molecule has 8 heteroatoms. The highest BCUT2D eigenvalue weighted by Crippen LogP contribution is 2.27. The van der Waals surface area contributed by atoms with Crippen LogP contribution >= 0.6 is 24.0 Å². The number of halogens is 1. The number of nitrogens with zero attached hydrogens (tertiary/aromatic N) is 2. The van der Waals surface area contributed by atoms with Gasteiger partial charge >= 0.3 is 0 Å². The Labute approximate surface area is 196 Å². The van der Waals surface area contributed by atoms with E-state index in [9.17, 15) is 9.59 Å². The van der Waals surface area contributed by atoms with Crippen molar-refractivity contribution >= 4 is 47.4 Å². The number of hydrogen-bond donors (Lipinski definition) is 3. The topological polar surface area (TPSA) is 85.8 Å². The summed E-state index contributed by atoms with van der Waals surface area (Å²) in [7, 11) is 0. The summed E-state index contributed by atoms with van der Waals surface area (Å²) in [6.07, 6.45) is 4.62. The minimum Gasteiger partial charge on any atom is -0.357 e. The molecule has 7 nitrogen and oxygen atoms in total. The van der Waals surface area contributed by atoms with Gasteiger partial charge in [-0.15, -0.1) is 24.0 Å². The lowest BCUT2D eigenvalue weighted by atomic mass is 9.85. The van der Waals surface area contributed by atoms with E-state index >= 15 is 0 Å². The lowest BCUT2D eigenvalue weighted by Gasteiger charge is -2.24. The van der Waals surface area contributed by atoms with Crippen molar-refractivity contribution in [3.05, 3.63) is 29.8 Å². The molecule has 1 aliphatic heterocycles. The van der Waals surface area contributed by atoms with E-state index in [2.05, 4.69) is 16.0 Å². The van der Waals surface area contributed by atoms with Crippen LogP contribution in [0.4, 0.5) is 5.69 Å². The van der Waals surface area contributed by atoms with Crippen LogP contribution in [0.3, 0.4) is 0 Å². The van der Waals surface area contributed by atoms with Crippen LogP contribution in [-0.4, -0.2) is 48.3 Å². The molecule has 3 rings (SSSR count). The lowest BCUT2D eigenvalue weighted by molar-refractivity contribution is -0.129. The first-order chi connectivity index (χ1) is 14.1. The number of benzene rings is 1. The summed E-state index contributed by atoms with van der Waals surface area (Å²) in [6.45, 7) is 6.75. The van der Waals surface area contributed by atoms with E-state index in [1.54, 1.807) is 0 Å². The maximum Gasteiger partial charge on any atom is 0.227 e. The lowest BCUT2D eigenvalue weighted by Crippen LogP contribution is -2.45. The first kappa shape index (κ1) is 24.4. The van der Waals surface area contributed by atoms with E-state index in [4.69, 9.17) is 4.99 Å². The third-order valence-corrected chi connectivity index (χ3v) is 5.62. The number of amides is 2. The van der Waals surface area contributed by atoms with Gasteiger partial charge in [0.25, 0.3) is 0 Å². The van der Waals surface area contributed by atoms with E-state index in [-0.39, 0.29) is 47.8 Å². The first-order valence-corrected chi connectivity index (χ1v) is 10.8. The summed E-state index contributed by atoms with van der Waals surface area (Å²) in [5.74, 6) is 1.26. The van der Waals surface area contributed by atoms with Gasteiger partial charge in [0, 0.05) is 43.7 Å². The van der Waals surface area contributed by atoms with Crippen molar-refractivity contribution in [1.29, 1.82) is 0 Å². The van der Waals surface area contributed by atoms with Crippen LogP contribution in [0.25, 0.3) is 0 Å². The maximum atomic E-state index is 12.2. The molecule has 1 aliphatic carbocycles. The molecule has 1 saturated heterocycles. The van der Waals surface area contributed by atoms with Crippen LogP contribution in [0.1, 0.15) is 51.5 Å². The summed E-state index contributed by atoms with van der Waals surface area (Å²) >= 11 is 0. The number of hydrogen-bond acceptors (Lipinski definition) is 3. The van der Waals surface area contributed by atoms with Crippen LogP contribution in [0.15, 0.2) is 29.3 Å². The largest absolute Gasteiger partial charge is 0.357 e. The van der Waals surface area contributed by atoms with Gasteiger partial charge in [-0.05, 0) is 43.9 Å². The fourth-order valence-corrected chi connectivity index (χ4v) is 3.67. The molecule has 2 aliphatic rings. The molecule has 2 fully saturated rings. The number of nitrogens with one attached hydrogen (secondary N) is 3. The molecule has 2 amide bonds. The first-order valence-electron chi connectivity index (χ1n) is 10.8. The van der Waals surface area contributed by atoms with E-state index in [1.807, 2.05) is 43.0 Å². The van der Waals surface area contributed by atoms with Crippen molar-refractivity contribution in [2.45, 2.75) is 58.5 Å². The molecule has 0 aromatic heterocycles. The number of guanidine groups is 1. The predicted octanol–water partition coefficient (Wildman–Crippen LogP) is 3.11. The standard InChI is InChI=1S/C22H33N5O2.HI/c1-3-20(28)27-12-11-19(15-27)26-22(23-4-2)24-14-16-7-5-10-18(13-16)25-21(29)17-8-6-9-17;/h5,7,10,13,17,19H,3-4,6,8-9,11-12,14-15H2,1-2H3,(H,25,29)(H2,23,24,26);1H. The molecule has 1 heterocycles. The zero-order chi connectivity index (χ0) is 20.6. The predicted molar refractivity (Wildman–Crippen MR) is 131 cm³/mol. The Morgan fingerprint density at radius 1 is 1.20 bits per heavy atom. The smallest absolute Gasteiger partial charge is 0.227 e. The van der Waals surface area contributed by atoms with Crippen LogP contribution in [-0.2, 0) is 16.1 Å². The second-order valence-corrected chi connectivity index (χ2v) is 7.84. The minimum atomic E-state index is 0. The van der Waals surface area contributed by atoms with Crippen LogP contribution in [0.5, 0.6) is 0 Å². The third-order valence-electron chi connectivity index (χ3n) is 5.62. The van der Waals surface area contributed by atoms with Crippen molar-refractivity contribution < 1.29 is 9.59 Å². The van der Waals surface area contributed by atoms with Crippen molar-refractivity contribution in [2.75, 3.05) is 25.0 Å². The minimum absolute atomic E-state index is 0. The normalized spacial score (nSPS) is 18.9. The van der Waals surface area contributed by atoms with Gasteiger partial charge in [-0.2, -0.15) is 0 Å². The number of carbonyl (C=O) groups is 2. The zero-order valence-corrected chi connectivity index (χ0v) is 20.3. The molecule has 1 unspecified atom stereocenters. The van der Waals surface area contributed by atoms with Crippen molar-refractivity contribution in [3.8, 4) is 0 Å². The Bertz CT molecular complexity index is 751. The number of aliphatic imine (C=N–C) groups is 1. The molecule has 166 valence electrons. The summed E-state index contributed by atoms with van der Waals surface area (Å²) in [5, 5.41) is 9.75. The third kappa shape index (κ3) is 6.85. The molecule has 1 aromatic carbocycles. The molecule has 1 saturated carbocycles. The summed E-state index contributed by atoms with van der Waals surface area (Å²) in [4.78, 5) is 30.6. The molecule has 0 spiro atoms. The van der Waals surface area contributed by atoms with Gasteiger partial charge in [0.15, 0.2) is 5.96 Å². The molecule has 0 radical (unpaired) electrons. The molecule has 0 bridgehead atoms. The average molecular weight is 527 g/mol. The maximum absolute atomic E-state index is 12.2. The highest BCUT2D eigenvalue weighted by atomic mass is 127. The molecule has 3 N–H and O–H groups in total. The van der Waals surface area contributed by atoms with E-state index < -0.39 is 0 Å². The summed E-state index contributed by atoms with van der Waals surface area (Å²) in [6, 6.07) is 8.10. The number of likely N-dealkylation sites (tertiary alicyclic amines) is 1. The van der Waals surface area contributed by atoms with Gasteiger partial charge in [0.1, 0.15) is 0 Å². The highest BCUT2D eigenvalue weighted by Gasteiger charge is 2.26. The quantitative estimate of drug-likeness (QED) is 0.289. The molecule has 1 aromatic rings. The van der Waals surface area contributed by atoms with E-state index in [1.165, 1.54) is 0 Å². The number of anilines is 1. The van der Waals surface area contributed by atoms with Crippen LogP contribution in [0.2, 0.25) is 0 Å². The Morgan fingerprint density at radius 2 is 2.00 bits per heavy atom. The SMILES string of the molecule is CCNC(=NCc1cccc(NC(=O)C2CCC2)c1)NC1CCN(C(=O)CC)C1.I. The second-order valence-electron chi connectivity index (χ2n) is 7.84. The van der Waals surface area contributed by atoms with Crippen LogP contribution < -0.4 is 16.0 Å². The van der Waals surface area contributed by atoms with Crippen molar-refractivity contribution in [1.82, 2.24) is 15.5 Å². The summed E-state index contributed by atoms with van der Waals surface area (Å²) < 4.78 is 0. The summed E-state index contributed by atoms with van der Waals surface area (Å²) in [5.41, 5.74) is 1.87. The van der Waals surface area contributed by atoms with Crippen molar-refractivity contribution in [3.63, 3.8) is 0 Å². The molecule has 1 atom stereocenters. The second kappa shape index (κ2) is 12.1. The fourth-order valence-electron chi connectivity index (χ4n) is 3.67. The van der Waals surface area contributed by atoms with Gasteiger partial charge in [0.2, 0.25) is 11.8 Å². The number of rotatable bonds is 7. The van der Waals surface area contributed by atoms with Gasteiger partial charge in [-0.1, -0.05) is 25.5 Å². The Hall–Kier alpha value is -1.84. The Morgan fingerprint density at radius 3 is 2.67 bits per heavy atom. The van der Waals surface area contributed by atoms with Gasteiger partial charge < -0.3 is 20.9 Å². The monoisotopic (exact) mass is 527 g/mol. The van der Waals surface area contributed by atoms with E-state index in [0.29, 0.717) is 13.0 Å². The fraction of sp³-hybridized carbons (Fsp3) is 0.591. The highest BCUT2D eigenvalue weighted by molar-refractivity contribution is 14.0. The van der Waals surface area contributed by atoms with Crippen molar-refractivity contribution in [2.24, 2.45) is 10.9 Å². The average Bonchev–Trinajstić information content (AvgIpc) is 3.13. The zero-order valence-electron chi connectivity index (χ0n) is 17.9. The Balaban J connectivity index is 0.00000320. The molecular weight excluding hydrogens is 493 g/mol. The number of carbonyl (C=O) groups excluding carboxylic acids is 2. The van der Waals surface area contributed by atoms with Gasteiger partial charge in [0.05, 0.1) is 6.54 Å². The van der Waals surface area contributed by atoms with E-state index in [0.717, 1.165) is 62.5 Å². The molecule has 30 heavy (non-hydrogen) atoms. The Kier molecular flexibility index (Phi) is 9.87. The van der Waals surface area contributed by atoms with Crippen LogP contribution in [0, 0.1) is 5.92 Å². The molecular formula is C22H34IN5O2.